The molecule has 0 heterocycles. The largest absolute Gasteiger partial charge is 0.291 e. The van der Waals surface area contributed by atoms with E-state index in [4.69, 9.17) is 0 Å². The van der Waals surface area contributed by atoms with Crippen LogP contribution in [0.4, 0.5) is 0 Å². The van der Waals surface area contributed by atoms with Gasteiger partial charge in [-0.05, 0) is 0 Å². The lowest BCUT2D eigenvalue weighted by molar-refractivity contribution is -0.133. The van der Waals surface area contributed by atoms with Crippen LogP contribution in [0.25, 0.3) is 0 Å². The molecule has 0 aliphatic carbocycles. The summed E-state index contributed by atoms with van der Waals surface area (Å²) in [5.74, 6) is -0.588. The molecule has 0 aromatic rings. The van der Waals surface area contributed by atoms with Gasteiger partial charge in [0.2, 0.25) is 5.78 Å². The number of ketones is 2. The van der Waals surface area contributed by atoms with E-state index in [1.54, 1.807) is 0 Å². The van der Waals surface area contributed by atoms with Crippen LogP contribution in [0.15, 0.2) is 0 Å². The quantitative estimate of drug-likeness (QED) is 0.366. The van der Waals surface area contributed by atoms with Crippen LogP contribution in [0.2, 0.25) is 0 Å². The number of rotatable bonds is 3. The highest BCUT2D eigenvalue weighted by molar-refractivity contribution is 8.68. The summed E-state index contributed by atoms with van der Waals surface area (Å²) in [5.41, 5.74) is 0. The molecule has 0 aromatic heterocycles. The maximum absolute atomic E-state index is 10.3. The monoisotopic (exact) mass is 150 g/mol. The minimum absolute atomic E-state index is 0.179. The Morgan fingerprint density at radius 1 is 1.62 bits per heavy atom. The number of hydrogen-bond donors (Lipinski definition) is 1. The highest BCUT2D eigenvalue weighted by Gasteiger charge is 2.04. The second kappa shape index (κ2) is 3.97. The van der Waals surface area contributed by atoms with Gasteiger partial charge in [-0.1, -0.05) is 10.8 Å². The van der Waals surface area contributed by atoms with Crippen molar-refractivity contribution in [3.8, 4) is 0 Å². The molecule has 0 fully saturated rings. The molecule has 0 amide bonds. The SMILES string of the molecule is CC(=O)C(=O)CSS. The van der Waals surface area contributed by atoms with Gasteiger partial charge in [0.05, 0.1) is 5.75 Å². The molecule has 0 bridgehead atoms. The normalized spacial score (nSPS) is 8.75. The first-order valence-electron chi connectivity index (χ1n) is 1.98. The fourth-order valence-electron chi connectivity index (χ4n) is 0.160. The van der Waals surface area contributed by atoms with Crippen molar-refractivity contribution >= 4 is 34.0 Å². The first kappa shape index (κ1) is 8.04. The van der Waals surface area contributed by atoms with Crippen LogP contribution in [0.1, 0.15) is 6.92 Å². The zero-order valence-electron chi connectivity index (χ0n) is 4.38. The van der Waals surface area contributed by atoms with E-state index >= 15 is 0 Å². The van der Waals surface area contributed by atoms with Crippen molar-refractivity contribution in [3.05, 3.63) is 0 Å². The molecule has 0 N–H and O–H groups in total. The molecule has 0 radical (unpaired) electrons. The molecule has 0 unspecified atom stereocenters. The van der Waals surface area contributed by atoms with Crippen molar-refractivity contribution < 1.29 is 9.59 Å². The molecule has 46 valence electrons. The number of carbonyl (C=O) groups excluding carboxylic acids is 2. The minimum atomic E-state index is -0.397. The summed E-state index contributed by atoms with van der Waals surface area (Å²) in [6.07, 6.45) is 0. The van der Waals surface area contributed by atoms with Gasteiger partial charge in [0.15, 0.2) is 5.78 Å². The van der Waals surface area contributed by atoms with Crippen LogP contribution in [0.5, 0.6) is 0 Å². The van der Waals surface area contributed by atoms with E-state index in [-0.39, 0.29) is 11.5 Å². The molecule has 0 atom stereocenters. The topological polar surface area (TPSA) is 34.1 Å². The molecule has 0 saturated heterocycles. The predicted octanol–water partition coefficient (Wildman–Crippen LogP) is 0.722. The van der Waals surface area contributed by atoms with Gasteiger partial charge in [0, 0.05) is 6.92 Å². The van der Waals surface area contributed by atoms with Gasteiger partial charge < -0.3 is 0 Å². The van der Waals surface area contributed by atoms with E-state index in [0.717, 1.165) is 10.8 Å². The Morgan fingerprint density at radius 3 is 2.25 bits per heavy atom. The number of thiol groups is 1. The van der Waals surface area contributed by atoms with E-state index in [0.29, 0.717) is 0 Å². The Hall–Kier alpha value is 0.0400. The Labute approximate surface area is 56.8 Å². The Bertz CT molecular complexity index is 111. The molecule has 4 heteroatoms. The lowest BCUT2D eigenvalue weighted by Crippen LogP contribution is -2.10. The Morgan fingerprint density at radius 2 is 2.12 bits per heavy atom. The highest BCUT2D eigenvalue weighted by Crippen LogP contribution is 2.03. The van der Waals surface area contributed by atoms with Crippen LogP contribution in [-0.4, -0.2) is 17.3 Å². The van der Waals surface area contributed by atoms with Gasteiger partial charge in [0.25, 0.3) is 0 Å². The van der Waals surface area contributed by atoms with E-state index in [2.05, 4.69) is 11.7 Å². The van der Waals surface area contributed by atoms with Gasteiger partial charge in [-0.15, -0.1) is 11.7 Å². The van der Waals surface area contributed by atoms with Crippen molar-refractivity contribution in [1.82, 2.24) is 0 Å². The second-order valence-corrected chi connectivity index (χ2v) is 2.57. The summed E-state index contributed by atoms with van der Waals surface area (Å²) >= 11 is 3.70. The molecular formula is C4H6O2S2. The molecular weight excluding hydrogens is 144 g/mol. The van der Waals surface area contributed by atoms with Crippen LogP contribution in [0.3, 0.4) is 0 Å². The van der Waals surface area contributed by atoms with Gasteiger partial charge in [-0.3, -0.25) is 9.59 Å². The molecule has 0 aliphatic rings. The predicted molar refractivity (Wildman–Crippen MR) is 37.1 cm³/mol. The third kappa shape index (κ3) is 3.10. The van der Waals surface area contributed by atoms with Gasteiger partial charge in [-0.25, -0.2) is 0 Å². The molecule has 0 aromatic carbocycles. The zero-order chi connectivity index (χ0) is 6.57. The molecule has 8 heavy (non-hydrogen) atoms. The number of Topliss-reactive ketones (excluding diaryl/α,β-unsaturated/α-hetero) is 2. The van der Waals surface area contributed by atoms with Gasteiger partial charge >= 0.3 is 0 Å². The van der Waals surface area contributed by atoms with Crippen molar-refractivity contribution in [3.63, 3.8) is 0 Å². The van der Waals surface area contributed by atoms with Crippen molar-refractivity contribution in [1.29, 1.82) is 0 Å². The standard InChI is InChI=1S/C4H6O2S2/c1-3(5)4(6)2-8-7/h7H,2H2,1H3. The Kier molecular flexibility index (Phi) is 3.99. The first-order chi connectivity index (χ1) is 3.68. The fourth-order valence-corrected chi connectivity index (χ4v) is 0.833. The van der Waals surface area contributed by atoms with E-state index in [1.165, 1.54) is 6.92 Å². The number of carbonyl (C=O) groups is 2. The van der Waals surface area contributed by atoms with Crippen LogP contribution >= 0.6 is 22.5 Å². The molecule has 0 spiro atoms. The van der Waals surface area contributed by atoms with E-state index in [1.807, 2.05) is 0 Å². The molecule has 0 saturated carbocycles. The summed E-state index contributed by atoms with van der Waals surface area (Å²) in [4.78, 5) is 20.5. The van der Waals surface area contributed by atoms with Gasteiger partial charge in [0.1, 0.15) is 0 Å². The maximum Gasteiger partial charge on any atom is 0.208 e. The van der Waals surface area contributed by atoms with Crippen LogP contribution in [0, 0.1) is 0 Å². The van der Waals surface area contributed by atoms with Crippen molar-refractivity contribution in [2.75, 3.05) is 5.75 Å². The summed E-state index contributed by atoms with van der Waals surface area (Å²) < 4.78 is 0. The highest BCUT2D eigenvalue weighted by atomic mass is 33.1. The lowest BCUT2D eigenvalue weighted by Gasteiger charge is -1.86. The van der Waals surface area contributed by atoms with Gasteiger partial charge in [-0.2, -0.15) is 0 Å². The average Bonchev–Trinajstić information content (AvgIpc) is 1.67. The summed E-state index contributed by atoms with van der Waals surface area (Å²) in [6.45, 7) is 1.26. The van der Waals surface area contributed by atoms with Crippen molar-refractivity contribution in [2.24, 2.45) is 0 Å². The van der Waals surface area contributed by atoms with Crippen LogP contribution in [-0.2, 0) is 9.59 Å². The summed E-state index contributed by atoms with van der Waals surface area (Å²) in [7, 11) is 1.06. The average molecular weight is 150 g/mol. The number of hydrogen-bond acceptors (Lipinski definition) is 4. The van der Waals surface area contributed by atoms with Crippen molar-refractivity contribution in [2.45, 2.75) is 6.92 Å². The maximum atomic E-state index is 10.3. The van der Waals surface area contributed by atoms with E-state index < -0.39 is 5.78 Å². The third-order valence-electron chi connectivity index (χ3n) is 0.588. The second-order valence-electron chi connectivity index (χ2n) is 1.25. The summed E-state index contributed by atoms with van der Waals surface area (Å²) in [6, 6.07) is 0. The first-order valence-corrected chi connectivity index (χ1v) is 4.02. The molecule has 0 aliphatic heterocycles. The lowest BCUT2D eigenvalue weighted by atomic mass is 10.3. The fraction of sp³-hybridized carbons (Fsp3) is 0.500. The third-order valence-corrected chi connectivity index (χ3v) is 1.37. The smallest absolute Gasteiger partial charge is 0.208 e. The zero-order valence-corrected chi connectivity index (χ0v) is 6.09. The molecule has 0 rings (SSSR count). The Balaban J connectivity index is 3.49. The molecule has 2 nitrogen and oxygen atoms in total. The van der Waals surface area contributed by atoms with E-state index in [9.17, 15) is 9.59 Å². The van der Waals surface area contributed by atoms with Crippen LogP contribution < -0.4 is 0 Å². The minimum Gasteiger partial charge on any atom is -0.291 e. The summed E-state index contributed by atoms with van der Waals surface area (Å²) in [5, 5.41) is 0.